The number of nitrogens with two attached hydrogens (primary N) is 1. The van der Waals surface area contributed by atoms with Gasteiger partial charge in [-0.3, -0.25) is 0 Å². The summed E-state index contributed by atoms with van der Waals surface area (Å²) in [5.74, 6) is -1.00. The average molecular weight is 224 g/mol. The molecule has 0 aliphatic heterocycles. The normalized spacial score (nSPS) is 14.9. The second kappa shape index (κ2) is 3.04. The first-order valence-corrected chi connectivity index (χ1v) is 3.39. The molecule has 0 fully saturated rings. The van der Waals surface area contributed by atoms with Crippen molar-refractivity contribution in [3.63, 3.8) is 0 Å². The SMILES string of the molecule is [2H]C([2H])([2H])Oc1nc(Br)c(F)cc1N. The molecule has 0 radical (unpaired) electrons. The highest BCUT2D eigenvalue weighted by Crippen LogP contribution is 2.23. The zero-order valence-electron chi connectivity index (χ0n) is 8.27. The summed E-state index contributed by atoms with van der Waals surface area (Å²) in [6.07, 6.45) is 0. The Labute approximate surface area is 75.7 Å². The van der Waals surface area contributed by atoms with Gasteiger partial charge in [-0.15, -0.1) is 0 Å². The van der Waals surface area contributed by atoms with Crippen molar-refractivity contribution < 1.29 is 13.2 Å². The van der Waals surface area contributed by atoms with Gasteiger partial charge in [-0.1, -0.05) is 0 Å². The molecule has 1 heterocycles. The summed E-state index contributed by atoms with van der Waals surface area (Å²) in [6.45, 7) is 0. The summed E-state index contributed by atoms with van der Waals surface area (Å²) in [7, 11) is -2.65. The predicted molar refractivity (Wildman–Crippen MR) is 42.9 cm³/mol. The van der Waals surface area contributed by atoms with E-state index in [2.05, 4.69) is 25.7 Å². The number of hydrogen-bond donors (Lipinski definition) is 1. The lowest BCUT2D eigenvalue weighted by atomic mass is 10.4. The van der Waals surface area contributed by atoms with Crippen molar-refractivity contribution in [2.45, 2.75) is 0 Å². The van der Waals surface area contributed by atoms with Crippen LogP contribution in [0.3, 0.4) is 0 Å². The molecule has 0 bridgehead atoms. The first-order chi connectivity index (χ1) is 6.29. The number of rotatable bonds is 1. The predicted octanol–water partition coefficient (Wildman–Crippen LogP) is 1.57. The quantitative estimate of drug-likeness (QED) is 0.736. The van der Waals surface area contributed by atoms with Gasteiger partial charge in [-0.2, -0.15) is 0 Å². The third-order valence-corrected chi connectivity index (χ3v) is 1.58. The number of halogens is 2. The second-order valence-corrected chi connectivity index (χ2v) is 2.51. The molecule has 0 atom stereocenters. The second-order valence-electron chi connectivity index (χ2n) is 1.76. The van der Waals surface area contributed by atoms with Crippen LogP contribution in [-0.4, -0.2) is 12.0 Å². The summed E-state index contributed by atoms with van der Waals surface area (Å²) in [6, 6.07) is 0.929. The molecule has 0 aromatic carbocycles. The zero-order chi connectivity index (χ0) is 10.9. The van der Waals surface area contributed by atoms with Crippen LogP contribution in [-0.2, 0) is 0 Å². The van der Waals surface area contributed by atoms with E-state index in [4.69, 9.17) is 9.85 Å². The molecule has 0 saturated carbocycles. The standard InChI is InChI=1S/C6H6BrFN2O/c1-11-6-4(9)2-3(8)5(7)10-6/h2H,9H2,1H3/i1D3. The Morgan fingerprint density at radius 3 is 3.27 bits per heavy atom. The number of hydrogen-bond acceptors (Lipinski definition) is 3. The minimum Gasteiger partial charge on any atom is -0.479 e. The molecule has 5 heteroatoms. The van der Waals surface area contributed by atoms with E-state index in [9.17, 15) is 4.39 Å². The zero-order valence-corrected chi connectivity index (χ0v) is 6.85. The Hall–Kier alpha value is -0.840. The van der Waals surface area contributed by atoms with Crippen LogP contribution in [0.2, 0.25) is 0 Å². The Balaban J connectivity index is 3.04. The number of pyridine rings is 1. The fraction of sp³-hybridized carbons (Fsp3) is 0.167. The molecular formula is C6H6BrFN2O. The van der Waals surface area contributed by atoms with E-state index in [0.29, 0.717) is 0 Å². The van der Waals surface area contributed by atoms with Crippen LogP contribution in [0.4, 0.5) is 10.1 Å². The molecule has 0 aliphatic carbocycles. The molecule has 0 saturated heterocycles. The molecule has 0 unspecified atom stereocenters. The van der Waals surface area contributed by atoms with Crippen molar-refractivity contribution in [3.05, 3.63) is 16.5 Å². The van der Waals surface area contributed by atoms with Crippen LogP contribution in [0.25, 0.3) is 0 Å². The molecule has 3 nitrogen and oxygen atoms in total. The van der Waals surface area contributed by atoms with Crippen molar-refractivity contribution in [1.82, 2.24) is 4.98 Å². The van der Waals surface area contributed by atoms with Crippen molar-refractivity contribution in [2.24, 2.45) is 0 Å². The topological polar surface area (TPSA) is 48.1 Å². The monoisotopic (exact) mass is 223 g/mol. The van der Waals surface area contributed by atoms with Crippen molar-refractivity contribution in [3.8, 4) is 5.88 Å². The molecule has 60 valence electrons. The summed E-state index contributed by atoms with van der Waals surface area (Å²) in [5, 5.41) is 0. The van der Waals surface area contributed by atoms with Gasteiger partial charge in [-0.05, 0) is 15.9 Å². The Kier molecular flexibility index (Phi) is 1.36. The van der Waals surface area contributed by atoms with Gasteiger partial charge in [0.2, 0.25) is 5.88 Å². The fourth-order valence-electron chi connectivity index (χ4n) is 0.547. The first kappa shape index (κ1) is 4.92. The summed E-state index contributed by atoms with van der Waals surface area (Å²) in [4.78, 5) is 3.49. The number of nitrogens with zero attached hydrogens (tertiary/aromatic N) is 1. The van der Waals surface area contributed by atoms with E-state index < -0.39 is 12.9 Å². The number of anilines is 1. The van der Waals surface area contributed by atoms with E-state index in [-0.39, 0.29) is 16.2 Å². The lowest BCUT2D eigenvalue weighted by Gasteiger charge is -2.02. The van der Waals surface area contributed by atoms with Gasteiger partial charge in [-0.25, -0.2) is 9.37 Å². The Bertz CT molecular complexity index is 358. The van der Waals surface area contributed by atoms with Gasteiger partial charge in [0, 0.05) is 6.07 Å². The van der Waals surface area contributed by atoms with Crippen molar-refractivity contribution in [1.29, 1.82) is 0 Å². The molecular weight excluding hydrogens is 215 g/mol. The highest BCUT2D eigenvalue weighted by atomic mass is 79.9. The van der Waals surface area contributed by atoms with Crippen LogP contribution in [0.5, 0.6) is 5.88 Å². The van der Waals surface area contributed by atoms with Crippen LogP contribution >= 0.6 is 15.9 Å². The maximum Gasteiger partial charge on any atom is 0.238 e. The van der Waals surface area contributed by atoms with Gasteiger partial charge in [0.05, 0.1) is 16.8 Å². The highest BCUT2D eigenvalue weighted by molar-refractivity contribution is 9.10. The number of nitrogen functional groups attached to an aromatic ring is 1. The van der Waals surface area contributed by atoms with E-state index in [0.717, 1.165) is 6.07 Å². The van der Waals surface area contributed by atoms with Crippen LogP contribution in [0.1, 0.15) is 4.11 Å². The van der Waals surface area contributed by atoms with Crippen LogP contribution < -0.4 is 10.5 Å². The Morgan fingerprint density at radius 1 is 1.91 bits per heavy atom. The maximum atomic E-state index is 12.8. The molecule has 11 heavy (non-hydrogen) atoms. The Morgan fingerprint density at radius 2 is 2.64 bits per heavy atom. The molecule has 0 amide bonds. The third-order valence-electron chi connectivity index (χ3n) is 1.02. The van der Waals surface area contributed by atoms with Gasteiger partial charge in [0.15, 0.2) is 5.82 Å². The van der Waals surface area contributed by atoms with Crippen LogP contribution in [0, 0.1) is 5.82 Å². The molecule has 2 N–H and O–H groups in total. The minimum atomic E-state index is -2.65. The average Bonchev–Trinajstić information content (AvgIpc) is 1.97. The number of ether oxygens (including phenoxy) is 1. The summed E-state index contributed by atoms with van der Waals surface area (Å²) >= 11 is 2.78. The van der Waals surface area contributed by atoms with E-state index in [1.165, 1.54) is 0 Å². The van der Waals surface area contributed by atoms with Gasteiger partial charge in [0.1, 0.15) is 4.60 Å². The van der Waals surface area contributed by atoms with Gasteiger partial charge < -0.3 is 10.5 Å². The number of methoxy groups -OCH3 is 1. The van der Waals surface area contributed by atoms with E-state index in [1.54, 1.807) is 0 Å². The lowest BCUT2D eigenvalue weighted by Crippen LogP contribution is -1.97. The van der Waals surface area contributed by atoms with Crippen molar-refractivity contribution in [2.75, 3.05) is 12.8 Å². The fourth-order valence-corrected chi connectivity index (χ4v) is 0.822. The maximum absolute atomic E-state index is 12.8. The minimum absolute atomic E-state index is 0.147. The molecule has 1 aromatic rings. The first-order valence-electron chi connectivity index (χ1n) is 4.10. The largest absolute Gasteiger partial charge is 0.479 e. The lowest BCUT2D eigenvalue weighted by molar-refractivity contribution is 0.397. The van der Waals surface area contributed by atoms with Gasteiger partial charge >= 0.3 is 0 Å². The van der Waals surface area contributed by atoms with E-state index >= 15 is 0 Å². The summed E-state index contributed by atoms with van der Waals surface area (Å²) in [5.41, 5.74) is 5.13. The summed E-state index contributed by atoms with van der Waals surface area (Å²) < 4.78 is 37.5. The molecule has 1 rings (SSSR count). The molecule has 1 aromatic heterocycles. The van der Waals surface area contributed by atoms with Crippen molar-refractivity contribution >= 4 is 21.6 Å². The third kappa shape index (κ3) is 1.59. The van der Waals surface area contributed by atoms with E-state index in [1.807, 2.05) is 0 Å². The number of aromatic nitrogens is 1. The highest BCUT2D eigenvalue weighted by Gasteiger charge is 2.06. The smallest absolute Gasteiger partial charge is 0.238 e. The van der Waals surface area contributed by atoms with Crippen LogP contribution in [0.15, 0.2) is 10.7 Å². The molecule has 0 aliphatic rings. The van der Waals surface area contributed by atoms with Gasteiger partial charge in [0.25, 0.3) is 0 Å². The molecule has 0 spiro atoms.